The summed E-state index contributed by atoms with van der Waals surface area (Å²) in [6.07, 6.45) is 2.49. The zero-order chi connectivity index (χ0) is 15.7. The van der Waals surface area contributed by atoms with Gasteiger partial charge in [0, 0.05) is 19.6 Å². The van der Waals surface area contributed by atoms with Crippen LogP contribution in [0, 0.1) is 11.8 Å². The molecule has 0 saturated carbocycles. The minimum atomic E-state index is -3.59. The molecule has 2 rings (SSSR count). The van der Waals surface area contributed by atoms with Gasteiger partial charge in [-0.25, -0.2) is 0 Å². The summed E-state index contributed by atoms with van der Waals surface area (Å²) in [5.41, 5.74) is -1.37. The highest BCUT2D eigenvalue weighted by Gasteiger charge is 2.33. The second-order valence-corrected chi connectivity index (χ2v) is 8.10. The van der Waals surface area contributed by atoms with Crippen molar-refractivity contribution < 1.29 is 17.9 Å². The van der Waals surface area contributed by atoms with Crippen LogP contribution in [0.1, 0.15) is 33.0 Å². The molecule has 0 radical (unpaired) electrons. The maximum absolute atomic E-state index is 12.4. The van der Waals surface area contributed by atoms with Crippen LogP contribution in [0.3, 0.4) is 0 Å². The number of nitrogens with zero attached hydrogens (tertiary/aromatic N) is 1. The van der Waals surface area contributed by atoms with E-state index in [9.17, 15) is 13.5 Å². The summed E-state index contributed by atoms with van der Waals surface area (Å²) in [6, 6.07) is 3.28. The Hall–Kier alpha value is -0.890. The van der Waals surface area contributed by atoms with Crippen molar-refractivity contribution in [3.63, 3.8) is 0 Å². The van der Waals surface area contributed by atoms with Crippen molar-refractivity contribution in [2.24, 2.45) is 11.8 Å². The molecule has 2 heterocycles. The van der Waals surface area contributed by atoms with E-state index >= 15 is 0 Å². The van der Waals surface area contributed by atoms with Crippen LogP contribution in [0.2, 0.25) is 0 Å². The van der Waals surface area contributed by atoms with Crippen LogP contribution in [0.5, 0.6) is 0 Å². The van der Waals surface area contributed by atoms with Crippen molar-refractivity contribution in [1.29, 1.82) is 0 Å². The Bertz CT molecular complexity index is 544. The largest absolute Gasteiger partial charge is 0.466 e. The molecule has 0 aliphatic carbocycles. The molecule has 0 amide bonds. The van der Waals surface area contributed by atoms with Crippen LogP contribution < -0.4 is 4.72 Å². The normalized spacial score (nSPS) is 27.4. The maximum atomic E-state index is 12.4. The maximum Gasteiger partial charge on any atom is 0.279 e. The lowest BCUT2D eigenvalue weighted by atomic mass is 9.94. The topological polar surface area (TPSA) is 82.8 Å². The SMILES string of the molecule is CC1CC(C)CN(S(=O)(=O)NCC(C)(O)c2ccco2)C1. The standard InChI is InChI=1S/C14H24N2O4S/c1-11-7-12(2)9-16(8-11)21(18,19)15-10-14(3,17)13-5-4-6-20-13/h4-6,11-12,15,17H,7-10H2,1-3H3. The van der Waals surface area contributed by atoms with Gasteiger partial charge in [0.15, 0.2) is 0 Å². The second-order valence-electron chi connectivity index (χ2n) is 6.34. The molecule has 1 aromatic rings. The van der Waals surface area contributed by atoms with Gasteiger partial charge >= 0.3 is 0 Å². The number of piperidine rings is 1. The van der Waals surface area contributed by atoms with Crippen LogP contribution in [0.25, 0.3) is 0 Å². The zero-order valence-electron chi connectivity index (χ0n) is 12.7. The van der Waals surface area contributed by atoms with Crippen LogP contribution in [-0.4, -0.2) is 37.5 Å². The van der Waals surface area contributed by atoms with Crippen LogP contribution >= 0.6 is 0 Å². The van der Waals surface area contributed by atoms with Crippen molar-refractivity contribution in [1.82, 2.24) is 9.03 Å². The van der Waals surface area contributed by atoms with Crippen molar-refractivity contribution in [2.75, 3.05) is 19.6 Å². The fourth-order valence-corrected chi connectivity index (χ4v) is 4.34. The molecule has 0 aromatic carbocycles. The molecule has 3 unspecified atom stereocenters. The third kappa shape index (κ3) is 4.06. The number of hydrogen-bond acceptors (Lipinski definition) is 4. The summed E-state index contributed by atoms with van der Waals surface area (Å²) < 4.78 is 33.8. The van der Waals surface area contributed by atoms with E-state index in [0.717, 1.165) is 6.42 Å². The van der Waals surface area contributed by atoms with E-state index in [2.05, 4.69) is 18.6 Å². The fraction of sp³-hybridized carbons (Fsp3) is 0.714. The molecule has 120 valence electrons. The molecular weight excluding hydrogens is 292 g/mol. The molecule has 0 bridgehead atoms. The molecular formula is C14H24N2O4S. The van der Waals surface area contributed by atoms with Crippen molar-refractivity contribution in [2.45, 2.75) is 32.8 Å². The Labute approximate surface area is 126 Å². The van der Waals surface area contributed by atoms with Gasteiger partial charge in [0.1, 0.15) is 11.4 Å². The lowest BCUT2D eigenvalue weighted by Gasteiger charge is -2.34. The van der Waals surface area contributed by atoms with E-state index in [1.54, 1.807) is 12.1 Å². The lowest BCUT2D eigenvalue weighted by molar-refractivity contribution is 0.0390. The van der Waals surface area contributed by atoms with Crippen LogP contribution in [0.4, 0.5) is 0 Å². The fourth-order valence-electron chi connectivity index (χ4n) is 2.80. The van der Waals surface area contributed by atoms with E-state index in [0.29, 0.717) is 30.7 Å². The minimum Gasteiger partial charge on any atom is -0.466 e. The minimum absolute atomic E-state index is 0.123. The summed E-state index contributed by atoms with van der Waals surface area (Å²) in [5, 5.41) is 10.3. The Kier molecular flexibility index (Phi) is 4.77. The first-order valence-corrected chi connectivity index (χ1v) is 8.66. The average Bonchev–Trinajstić information content (AvgIpc) is 2.90. The third-order valence-electron chi connectivity index (χ3n) is 3.83. The Balaban J connectivity index is 2.01. The predicted octanol–water partition coefficient (Wildman–Crippen LogP) is 1.30. The number of nitrogens with one attached hydrogen (secondary N) is 1. The Morgan fingerprint density at radius 2 is 2.05 bits per heavy atom. The van der Waals surface area contributed by atoms with E-state index in [1.807, 2.05) is 0 Å². The van der Waals surface area contributed by atoms with Crippen molar-refractivity contribution in [3.05, 3.63) is 24.2 Å². The highest BCUT2D eigenvalue weighted by molar-refractivity contribution is 7.87. The molecule has 6 nitrogen and oxygen atoms in total. The molecule has 0 spiro atoms. The monoisotopic (exact) mass is 316 g/mol. The number of rotatable bonds is 5. The molecule has 1 aliphatic heterocycles. The second kappa shape index (κ2) is 6.08. The highest BCUT2D eigenvalue weighted by atomic mass is 32.2. The first-order chi connectivity index (χ1) is 9.71. The van der Waals surface area contributed by atoms with Gasteiger partial charge in [-0.1, -0.05) is 13.8 Å². The average molecular weight is 316 g/mol. The van der Waals surface area contributed by atoms with Gasteiger partial charge in [0.05, 0.1) is 6.26 Å². The summed E-state index contributed by atoms with van der Waals surface area (Å²) in [4.78, 5) is 0. The first-order valence-electron chi connectivity index (χ1n) is 7.22. The summed E-state index contributed by atoms with van der Waals surface area (Å²) in [7, 11) is -3.59. The van der Waals surface area contributed by atoms with Crippen molar-refractivity contribution in [3.8, 4) is 0 Å². The first kappa shape index (κ1) is 16.5. The smallest absolute Gasteiger partial charge is 0.279 e. The van der Waals surface area contributed by atoms with E-state index < -0.39 is 15.8 Å². The van der Waals surface area contributed by atoms with E-state index in [-0.39, 0.29) is 6.54 Å². The lowest BCUT2D eigenvalue weighted by Crippen LogP contribution is -2.50. The van der Waals surface area contributed by atoms with Gasteiger partial charge in [-0.05, 0) is 37.3 Å². The number of furan rings is 1. The molecule has 1 aliphatic rings. The molecule has 2 N–H and O–H groups in total. The highest BCUT2D eigenvalue weighted by Crippen LogP contribution is 2.24. The van der Waals surface area contributed by atoms with Crippen LogP contribution in [-0.2, 0) is 15.8 Å². The van der Waals surface area contributed by atoms with E-state index in [1.165, 1.54) is 17.5 Å². The quantitative estimate of drug-likeness (QED) is 0.858. The summed E-state index contributed by atoms with van der Waals surface area (Å²) >= 11 is 0. The van der Waals surface area contributed by atoms with Crippen LogP contribution in [0.15, 0.2) is 22.8 Å². The molecule has 3 atom stereocenters. The Morgan fingerprint density at radius 1 is 1.43 bits per heavy atom. The summed E-state index contributed by atoms with van der Waals surface area (Å²) in [6.45, 7) is 6.54. The number of aliphatic hydroxyl groups is 1. The molecule has 1 aromatic heterocycles. The predicted molar refractivity (Wildman–Crippen MR) is 79.7 cm³/mol. The van der Waals surface area contributed by atoms with Gasteiger partial charge in [0.25, 0.3) is 10.2 Å². The third-order valence-corrected chi connectivity index (χ3v) is 5.31. The van der Waals surface area contributed by atoms with E-state index in [4.69, 9.17) is 4.42 Å². The van der Waals surface area contributed by atoms with Gasteiger partial charge in [0.2, 0.25) is 0 Å². The zero-order valence-corrected chi connectivity index (χ0v) is 13.6. The molecule has 1 saturated heterocycles. The Morgan fingerprint density at radius 3 is 2.57 bits per heavy atom. The van der Waals surface area contributed by atoms with Gasteiger partial charge < -0.3 is 9.52 Å². The molecule has 7 heteroatoms. The van der Waals surface area contributed by atoms with Gasteiger partial charge in [-0.2, -0.15) is 17.4 Å². The molecule has 1 fully saturated rings. The molecule has 21 heavy (non-hydrogen) atoms. The van der Waals surface area contributed by atoms with Crippen molar-refractivity contribution >= 4 is 10.2 Å². The van der Waals surface area contributed by atoms with Gasteiger partial charge in [-0.3, -0.25) is 0 Å². The number of hydrogen-bond donors (Lipinski definition) is 2. The van der Waals surface area contributed by atoms with Gasteiger partial charge in [-0.15, -0.1) is 0 Å². The summed E-state index contributed by atoms with van der Waals surface area (Å²) in [5.74, 6) is 1.03.